The highest BCUT2D eigenvalue weighted by Gasteiger charge is 2.54. The van der Waals surface area contributed by atoms with Crippen molar-refractivity contribution < 1.29 is 14.3 Å². The Morgan fingerprint density at radius 3 is 2.63 bits per heavy atom. The van der Waals surface area contributed by atoms with Gasteiger partial charge in [0.15, 0.2) is 5.82 Å². The average molecular weight is 746 g/mol. The van der Waals surface area contributed by atoms with Gasteiger partial charge in [-0.2, -0.15) is 14.6 Å². The minimum absolute atomic E-state index is 0.0557. The van der Waals surface area contributed by atoms with Crippen LogP contribution in [0.1, 0.15) is 94.0 Å². The van der Waals surface area contributed by atoms with Crippen molar-refractivity contribution in [3.63, 3.8) is 0 Å². The van der Waals surface area contributed by atoms with Crippen molar-refractivity contribution in [2.75, 3.05) is 52.2 Å². The summed E-state index contributed by atoms with van der Waals surface area (Å²) in [7, 11) is 6.02. The number of likely N-dealkylation sites (tertiary alicyclic amines) is 1. The molecule has 0 aromatic carbocycles. The van der Waals surface area contributed by atoms with Crippen LogP contribution in [0.25, 0.3) is 11.5 Å². The minimum Gasteiger partial charge on any atom is -0.473 e. The van der Waals surface area contributed by atoms with E-state index in [4.69, 9.17) is 23.8 Å². The van der Waals surface area contributed by atoms with Crippen LogP contribution in [0.4, 0.5) is 15.6 Å². The Morgan fingerprint density at radius 1 is 1.17 bits per heavy atom. The Labute approximate surface area is 315 Å². The minimum atomic E-state index is -0.549. The van der Waals surface area contributed by atoms with Crippen LogP contribution in [0.2, 0.25) is 0 Å². The highest BCUT2D eigenvalue weighted by molar-refractivity contribution is 7.16. The molecule has 0 bridgehead atoms. The topological polar surface area (TPSA) is 123 Å². The van der Waals surface area contributed by atoms with Crippen LogP contribution in [-0.4, -0.2) is 112 Å². The van der Waals surface area contributed by atoms with Gasteiger partial charge in [0.2, 0.25) is 5.88 Å². The summed E-state index contributed by atoms with van der Waals surface area (Å²) >= 11 is 3.09. The number of thiophene rings is 1. The fourth-order valence-electron chi connectivity index (χ4n) is 8.10. The normalized spacial score (nSPS) is 23.5. The number of nitriles is 1. The van der Waals surface area contributed by atoms with E-state index in [9.17, 15) is 10.1 Å². The van der Waals surface area contributed by atoms with Crippen LogP contribution in [0.15, 0.2) is 17.1 Å². The zero-order chi connectivity index (χ0) is 37.0. The maximum absolute atomic E-state index is 13.2. The molecular weight excluding hydrogens is 695 g/mol. The molecule has 5 heterocycles. The number of hydrogen-bond acceptors (Lipinski definition) is 12. The molecule has 52 heavy (non-hydrogen) atoms. The van der Waals surface area contributed by atoms with Crippen molar-refractivity contribution in [1.29, 1.82) is 5.26 Å². The van der Waals surface area contributed by atoms with E-state index in [1.165, 1.54) is 16.4 Å². The third-order valence-electron chi connectivity index (χ3n) is 10.9. The summed E-state index contributed by atoms with van der Waals surface area (Å²) in [5, 5.41) is 11.1. The molecule has 14 heteroatoms. The molecule has 4 aliphatic rings. The third-order valence-corrected chi connectivity index (χ3v) is 13.1. The average Bonchev–Trinajstić information content (AvgIpc) is 3.44. The molecule has 1 amide bonds. The number of rotatable bonds is 8. The largest absolute Gasteiger partial charge is 0.473 e. The fourth-order valence-corrected chi connectivity index (χ4v) is 10.3. The number of aliphatic imine (C=N–C) groups is 1. The van der Waals surface area contributed by atoms with Crippen molar-refractivity contribution in [2.45, 2.75) is 108 Å². The van der Waals surface area contributed by atoms with Crippen LogP contribution in [-0.2, 0) is 16.6 Å². The monoisotopic (exact) mass is 745 g/mol. The molecule has 0 radical (unpaired) electrons. The van der Waals surface area contributed by atoms with Gasteiger partial charge < -0.3 is 19.3 Å². The van der Waals surface area contributed by atoms with Gasteiger partial charge in [-0.05, 0) is 109 Å². The number of aryl methyl sites for hydroxylation is 1. The molecule has 2 aliphatic carbocycles. The molecule has 0 unspecified atom stereocenters. The number of piperazine rings is 1. The molecule has 3 aromatic heterocycles. The van der Waals surface area contributed by atoms with E-state index in [1.807, 2.05) is 50.7 Å². The zero-order valence-electron chi connectivity index (χ0n) is 31.7. The predicted molar refractivity (Wildman–Crippen MR) is 206 cm³/mol. The summed E-state index contributed by atoms with van der Waals surface area (Å²) in [6.45, 7) is 13.0. The molecule has 12 nitrogen and oxygen atoms in total. The lowest BCUT2D eigenvalue weighted by atomic mass is 9.71. The molecule has 1 spiro atoms. The molecule has 3 atom stereocenters. The third kappa shape index (κ3) is 7.11. The van der Waals surface area contributed by atoms with E-state index in [0.29, 0.717) is 48.6 Å². The lowest BCUT2D eigenvalue weighted by Crippen LogP contribution is -2.58. The fraction of sp³-hybridized carbons (Fsp3) is 0.632. The maximum atomic E-state index is 13.2. The number of anilines is 1. The van der Waals surface area contributed by atoms with Gasteiger partial charge in [0.25, 0.3) is 0 Å². The second-order valence-electron chi connectivity index (χ2n) is 16.3. The molecule has 2 aliphatic heterocycles. The molecule has 278 valence electrons. The van der Waals surface area contributed by atoms with E-state index < -0.39 is 5.60 Å². The Balaban J connectivity index is 1.22. The zero-order valence-corrected chi connectivity index (χ0v) is 33.4. The second-order valence-corrected chi connectivity index (χ2v) is 18.2. The van der Waals surface area contributed by atoms with Crippen molar-refractivity contribution in [3.8, 4) is 23.5 Å². The summed E-state index contributed by atoms with van der Waals surface area (Å²) in [5.41, 5.74) is 1.24. The van der Waals surface area contributed by atoms with Gasteiger partial charge in [-0.25, -0.2) is 14.8 Å². The number of hydrogen-bond donors (Lipinski definition) is 0. The van der Waals surface area contributed by atoms with Crippen LogP contribution in [0.3, 0.4) is 0 Å². The van der Waals surface area contributed by atoms with Gasteiger partial charge in [-0.1, -0.05) is 6.92 Å². The second kappa shape index (κ2) is 13.9. The Kier molecular flexibility index (Phi) is 9.76. The first-order chi connectivity index (χ1) is 24.7. The van der Waals surface area contributed by atoms with Gasteiger partial charge in [0.1, 0.15) is 34.3 Å². The van der Waals surface area contributed by atoms with E-state index in [1.54, 1.807) is 17.7 Å². The van der Waals surface area contributed by atoms with Gasteiger partial charge >= 0.3 is 6.09 Å². The number of ether oxygens (including phenoxy) is 2. The number of carbonyl (C=O) groups is 1. The van der Waals surface area contributed by atoms with Gasteiger partial charge in [-0.15, -0.1) is 11.3 Å². The number of carbonyl (C=O) groups excluding carboxylic acids is 1. The number of likely N-dealkylation sites (N-methyl/N-ethyl adjacent to an activating group) is 1. The van der Waals surface area contributed by atoms with Gasteiger partial charge in [0.05, 0.1) is 17.4 Å². The van der Waals surface area contributed by atoms with Crippen LogP contribution in [0.5, 0.6) is 5.88 Å². The Bertz CT molecular complexity index is 1890. The quantitative estimate of drug-likeness (QED) is 0.179. The highest BCUT2D eigenvalue weighted by Crippen LogP contribution is 2.52. The smallest absolute Gasteiger partial charge is 0.410 e. The van der Waals surface area contributed by atoms with Gasteiger partial charge in [0, 0.05) is 61.0 Å². The van der Waals surface area contributed by atoms with Crippen LogP contribution < -0.4 is 9.64 Å². The van der Waals surface area contributed by atoms with Gasteiger partial charge in [-0.3, -0.25) is 9.80 Å². The summed E-state index contributed by atoms with van der Waals surface area (Å²) in [6.07, 6.45) is 8.44. The lowest BCUT2D eigenvalue weighted by molar-refractivity contribution is 0.0106. The number of aromatic nitrogens is 3. The first-order valence-electron chi connectivity index (χ1n) is 18.5. The van der Waals surface area contributed by atoms with Crippen LogP contribution in [0, 0.1) is 11.3 Å². The predicted octanol–water partition coefficient (Wildman–Crippen LogP) is 6.85. The highest BCUT2D eigenvalue weighted by atomic mass is 32.1. The number of nitrogens with zero attached hydrogens (tertiary/aromatic N) is 9. The summed E-state index contributed by atoms with van der Waals surface area (Å²) in [5.74, 6) is 1.82. The molecule has 2 saturated heterocycles. The Hall–Kier alpha value is -3.80. The van der Waals surface area contributed by atoms with E-state index >= 15 is 0 Å². The van der Waals surface area contributed by atoms with Crippen molar-refractivity contribution >= 4 is 46.1 Å². The molecule has 3 aromatic rings. The Morgan fingerprint density at radius 2 is 1.96 bits per heavy atom. The molecule has 3 fully saturated rings. The first kappa shape index (κ1) is 36.6. The van der Waals surface area contributed by atoms with Crippen molar-refractivity contribution in [3.05, 3.63) is 33.0 Å². The van der Waals surface area contributed by atoms with E-state index in [2.05, 4.69) is 47.8 Å². The van der Waals surface area contributed by atoms with Crippen molar-refractivity contribution in [2.24, 2.45) is 4.99 Å². The standard InChI is InChI=1S/C38H51N9O3S2/c1-24(27-11-10-16-45(27)8)49-31-20-30(46-17-18-47(38(22-46)14-15-38)35(48)50-36(2,3)4)41-33(42-31)26-19-29(52-43-26)37(5)13-9-12-28-32(37)25(21-39)34(51-28)40-23-44(6)7/h19-20,23-24,27H,9-18,22H2,1-8H3/t24-,27-,37+/m0/s1. The molecule has 1 saturated carbocycles. The number of fused-ring (bicyclic) bond motifs is 1. The number of amides is 1. The van der Waals surface area contributed by atoms with E-state index in [0.717, 1.165) is 72.8 Å². The summed E-state index contributed by atoms with van der Waals surface area (Å²) in [6, 6.07) is 6.88. The lowest BCUT2D eigenvalue weighted by Gasteiger charge is -2.42. The molecular formula is C38H51N9O3S2. The first-order valence-corrected chi connectivity index (χ1v) is 20.0. The molecule has 7 rings (SSSR count). The summed E-state index contributed by atoms with van der Waals surface area (Å²) in [4.78, 5) is 38.8. The molecule has 0 N–H and O–H groups in total. The van der Waals surface area contributed by atoms with Crippen LogP contribution >= 0.6 is 22.9 Å². The maximum Gasteiger partial charge on any atom is 0.410 e. The SMILES string of the molecule is C[C@H](Oc1cc(N2CCN(C(=O)OC(C)(C)C)C3(CC3)C2)nc(-c2cc([C@@]3(C)CCCc4sc(N=CN(C)C)c(C#N)c43)sn2)n1)[C@@H]1CCCN1C. The van der Waals surface area contributed by atoms with Crippen molar-refractivity contribution in [1.82, 2.24) is 29.0 Å². The summed E-state index contributed by atoms with van der Waals surface area (Å²) < 4.78 is 17.4. The van der Waals surface area contributed by atoms with E-state index in [-0.39, 0.29) is 23.2 Å².